The molecule has 2 aromatic rings. The average Bonchev–Trinajstić information content (AvgIpc) is 2.35. The highest BCUT2D eigenvalue weighted by Gasteiger charge is 2.18. The minimum absolute atomic E-state index is 0.190. The van der Waals surface area contributed by atoms with Crippen LogP contribution >= 0.6 is 15.9 Å². The average molecular weight is 315 g/mol. The first-order valence-corrected chi connectivity index (χ1v) is 6.45. The first-order chi connectivity index (χ1) is 8.51. The van der Waals surface area contributed by atoms with E-state index in [0.29, 0.717) is 17.5 Å². The molecular formula is C13H13BrF2N2. The Morgan fingerprint density at radius 2 is 2.00 bits per heavy atom. The fourth-order valence-corrected chi connectivity index (χ4v) is 2.63. The predicted molar refractivity (Wildman–Crippen MR) is 73.0 cm³/mol. The molecule has 0 amide bonds. The zero-order valence-electron chi connectivity index (χ0n) is 10.4. The molecule has 2 nitrogen and oxygen atoms in total. The van der Waals surface area contributed by atoms with Gasteiger partial charge in [-0.15, -0.1) is 0 Å². The third-order valence-electron chi connectivity index (χ3n) is 3.04. The van der Waals surface area contributed by atoms with E-state index in [1.807, 2.05) is 13.8 Å². The van der Waals surface area contributed by atoms with E-state index in [1.54, 1.807) is 7.05 Å². The van der Waals surface area contributed by atoms with Crippen LogP contribution < -0.4 is 5.32 Å². The fraction of sp³-hybridized carbons (Fsp3) is 0.308. The Kier molecular flexibility index (Phi) is 3.52. The number of hydrogen-bond donors (Lipinski definition) is 1. The number of benzene rings is 1. The molecule has 96 valence electrons. The van der Waals surface area contributed by atoms with Gasteiger partial charge >= 0.3 is 0 Å². The highest BCUT2D eigenvalue weighted by Crippen LogP contribution is 2.36. The molecular weight excluding hydrogens is 302 g/mol. The van der Waals surface area contributed by atoms with Gasteiger partial charge in [-0.3, -0.25) is 0 Å². The highest BCUT2D eigenvalue weighted by molar-refractivity contribution is 9.10. The van der Waals surface area contributed by atoms with E-state index in [0.717, 1.165) is 17.3 Å². The van der Waals surface area contributed by atoms with E-state index in [2.05, 4.69) is 26.2 Å². The number of halogens is 3. The van der Waals surface area contributed by atoms with Crippen molar-refractivity contribution in [3.63, 3.8) is 0 Å². The number of aromatic nitrogens is 1. The van der Waals surface area contributed by atoms with Gasteiger partial charge in [0.2, 0.25) is 0 Å². The van der Waals surface area contributed by atoms with Gasteiger partial charge < -0.3 is 5.32 Å². The van der Waals surface area contributed by atoms with Crippen molar-refractivity contribution >= 4 is 32.5 Å². The van der Waals surface area contributed by atoms with Gasteiger partial charge in [0.15, 0.2) is 5.82 Å². The van der Waals surface area contributed by atoms with Crippen molar-refractivity contribution < 1.29 is 8.78 Å². The fourth-order valence-electron chi connectivity index (χ4n) is 2.13. The Balaban J connectivity index is 3.02. The van der Waals surface area contributed by atoms with Crippen LogP contribution in [0.4, 0.5) is 14.5 Å². The molecule has 1 heterocycles. The van der Waals surface area contributed by atoms with Gasteiger partial charge in [-0.1, -0.05) is 6.92 Å². The van der Waals surface area contributed by atoms with E-state index in [9.17, 15) is 8.78 Å². The normalized spacial score (nSPS) is 11.0. The lowest BCUT2D eigenvalue weighted by Gasteiger charge is -2.15. The molecule has 0 saturated heterocycles. The Morgan fingerprint density at radius 1 is 1.33 bits per heavy atom. The summed E-state index contributed by atoms with van der Waals surface area (Å²) in [5, 5.41) is 3.45. The molecule has 0 bridgehead atoms. The lowest BCUT2D eigenvalue weighted by molar-refractivity contribution is 0.586. The Labute approximate surface area is 113 Å². The molecule has 1 aromatic carbocycles. The zero-order valence-corrected chi connectivity index (χ0v) is 12.0. The van der Waals surface area contributed by atoms with Crippen LogP contribution in [0, 0.1) is 18.6 Å². The first-order valence-electron chi connectivity index (χ1n) is 5.65. The molecule has 1 N–H and O–H groups in total. The van der Waals surface area contributed by atoms with E-state index >= 15 is 0 Å². The second-order valence-electron chi connectivity index (χ2n) is 4.04. The lowest BCUT2D eigenvalue weighted by atomic mass is 10.0. The number of pyridine rings is 1. The lowest BCUT2D eigenvalue weighted by Crippen LogP contribution is -2.03. The predicted octanol–water partition coefficient (Wildman–Crippen LogP) is 4.19. The third-order valence-corrected chi connectivity index (χ3v) is 3.81. The van der Waals surface area contributed by atoms with E-state index in [4.69, 9.17) is 0 Å². The molecule has 0 spiro atoms. The smallest absolute Gasteiger partial charge is 0.152 e. The molecule has 0 atom stereocenters. The summed E-state index contributed by atoms with van der Waals surface area (Å²) in [6.45, 7) is 3.85. The first kappa shape index (κ1) is 13.2. The van der Waals surface area contributed by atoms with Crippen molar-refractivity contribution in [3.8, 4) is 0 Å². The summed E-state index contributed by atoms with van der Waals surface area (Å²) in [6.07, 6.45) is 0.699. The SMILES string of the molecule is CCc1nc2c(F)cc(F)c(Br)c2c(NC)c1C. The van der Waals surface area contributed by atoms with E-state index < -0.39 is 11.6 Å². The minimum Gasteiger partial charge on any atom is -0.387 e. The maximum atomic E-state index is 13.8. The van der Waals surface area contributed by atoms with Crippen LogP contribution in [-0.2, 0) is 6.42 Å². The van der Waals surface area contributed by atoms with Crippen LogP contribution in [-0.4, -0.2) is 12.0 Å². The molecule has 1 aromatic heterocycles. The molecule has 0 fully saturated rings. The standard InChI is InChI=1S/C13H13BrF2N2/c1-4-9-6(2)12(17-3)10-11(14)7(15)5-8(16)13(10)18-9/h5H,4H2,1-3H3,(H,17,18). The summed E-state index contributed by atoms with van der Waals surface area (Å²) in [4.78, 5) is 4.29. The number of aryl methyl sites for hydroxylation is 1. The molecule has 0 aliphatic carbocycles. The Hall–Kier alpha value is -1.23. The summed E-state index contributed by atoms with van der Waals surface area (Å²) >= 11 is 3.17. The second-order valence-corrected chi connectivity index (χ2v) is 4.83. The van der Waals surface area contributed by atoms with Gasteiger partial charge in [-0.25, -0.2) is 13.8 Å². The molecule has 0 radical (unpaired) electrons. The van der Waals surface area contributed by atoms with Crippen molar-refractivity contribution in [1.29, 1.82) is 0 Å². The Bertz CT molecular complexity index is 626. The minimum atomic E-state index is -0.642. The largest absolute Gasteiger partial charge is 0.387 e. The second kappa shape index (κ2) is 4.80. The van der Waals surface area contributed by atoms with Crippen molar-refractivity contribution in [1.82, 2.24) is 4.98 Å². The number of fused-ring (bicyclic) bond motifs is 1. The van der Waals surface area contributed by atoms with Gasteiger partial charge in [-0.2, -0.15) is 0 Å². The Morgan fingerprint density at radius 3 is 2.56 bits per heavy atom. The van der Waals surface area contributed by atoms with E-state index in [-0.39, 0.29) is 9.99 Å². The van der Waals surface area contributed by atoms with Crippen molar-refractivity contribution in [2.24, 2.45) is 0 Å². The summed E-state index contributed by atoms with van der Waals surface area (Å²) in [5.41, 5.74) is 2.62. The molecule has 0 aliphatic rings. The maximum absolute atomic E-state index is 13.8. The number of nitrogens with one attached hydrogen (secondary N) is 1. The number of rotatable bonds is 2. The van der Waals surface area contributed by atoms with Crippen LogP contribution in [0.1, 0.15) is 18.2 Å². The summed E-state index contributed by atoms with van der Waals surface area (Å²) < 4.78 is 27.7. The van der Waals surface area contributed by atoms with Crippen molar-refractivity contribution in [2.75, 3.05) is 12.4 Å². The van der Waals surface area contributed by atoms with Gasteiger partial charge in [-0.05, 0) is 34.8 Å². The van der Waals surface area contributed by atoms with Crippen LogP contribution in [0.2, 0.25) is 0 Å². The quantitative estimate of drug-likeness (QED) is 0.841. The van der Waals surface area contributed by atoms with Crippen LogP contribution in [0.5, 0.6) is 0 Å². The summed E-state index contributed by atoms with van der Waals surface area (Å²) in [7, 11) is 1.73. The molecule has 2 rings (SSSR count). The highest BCUT2D eigenvalue weighted by atomic mass is 79.9. The summed E-state index contributed by atoms with van der Waals surface area (Å²) in [6, 6.07) is 0.855. The molecule has 0 unspecified atom stereocenters. The third kappa shape index (κ3) is 1.86. The monoisotopic (exact) mass is 314 g/mol. The van der Waals surface area contributed by atoms with Crippen LogP contribution in [0.25, 0.3) is 10.9 Å². The van der Waals surface area contributed by atoms with Gasteiger partial charge in [0, 0.05) is 29.9 Å². The van der Waals surface area contributed by atoms with Crippen molar-refractivity contribution in [3.05, 3.63) is 33.4 Å². The van der Waals surface area contributed by atoms with E-state index in [1.165, 1.54) is 0 Å². The molecule has 5 heteroatoms. The molecule has 18 heavy (non-hydrogen) atoms. The number of nitrogens with zero attached hydrogens (tertiary/aromatic N) is 1. The van der Waals surface area contributed by atoms with Gasteiger partial charge in [0.1, 0.15) is 11.3 Å². The zero-order chi connectivity index (χ0) is 13.4. The molecule has 0 aliphatic heterocycles. The van der Waals surface area contributed by atoms with Gasteiger partial charge in [0.05, 0.1) is 4.47 Å². The molecule has 0 saturated carbocycles. The topological polar surface area (TPSA) is 24.9 Å². The maximum Gasteiger partial charge on any atom is 0.152 e. The van der Waals surface area contributed by atoms with Crippen LogP contribution in [0.3, 0.4) is 0 Å². The van der Waals surface area contributed by atoms with Crippen LogP contribution in [0.15, 0.2) is 10.5 Å². The van der Waals surface area contributed by atoms with Crippen molar-refractivity contribution in [2.45, 2.75) is 20.3 Å². The van der Waals surface area contributed by atoms with Gasteiger partial charge in [0.25, 0.3) is 0 Å². The number of hydrogen-bond acceptors (Lipinski definition) is 2. The number of anilines is 1. The summed E-state index contributed by atoms with van der Waals surface area (Å²) in [5.74, 6) is -1.26.